The minimum atomic E-state index is -0.500. The first-order valence-electron chi connectivity index (χ1n) is 12.8. The molecule has 0 saturated carbocycles. The molecule has 0 saturated heterocycles. The Labute approximate surface area is 227 Å². The van der Waals surface area contributed by atoms with Crippen LogP contribution in [0.2, 0.25) is 5.15 Å². The molecule has 2 amide bonds. The van der Waals surface area contributed by atoms with E-state index >= 15 is 0 Å². The van der Waals surface area contributed by atoms with Crippen LogP contribution >= 0.6 is 11.6 Å². The Morgan fingerprint density at radius 1 is 1.11 bits per heavy atom. The molecule has 0 unspecified atom stereocenters. The first-order valence-corrected chi connectivity index (χ1v) is 13.1. The van der Waals surface area contributed by atoms with Crippen molar-refractivity contribution in [3.8, 4) is 5.75 Å². The number of hydrogen-bond donors (Lipinski definition) is 4. The molecule has 0 fully saturated rings. The smallest absolute Gasteiger partial charge is 0.277 e. The summed E-state index contributed by atoms with van der Waals surface area (Å²) in [7, 11) is 0. The van der Waals surface area contributed by atoms with E-state index in [1.54, 1.807) is 0 Å². The third-order valence-electron chi connectivity index (χ3n) is 6.27. The van der Waals surface area contributed by atoms with Gasteiger partial charge in [-0.3, -0.25) is 14.5 Å². The number of aryl methyl sites for hydroxylation is 2. The number of amides is 2. The van der Waals surface area contributed by atoms with Gasteiger partial charge in [-0.1, -0.05) is 25.4 Å². The van der Waals surface area contributed by atoms with Crippen molar-refractivity contribution in [2.24, 2.45) is 0 Å². The molecule has 38 heavy (non-hydrogen) atoms. The molecule has 2 heterocycles. The Morgan fingerprint density at radius 2 is 1.84 bits per heavy atom. The maximum Gasteiger partial charge on any atom is 0.277 e. The first-order chi connectivity index (χ1) is 18.2. The van der Waals surface area contributed by atoms with Gasteiger partial charge in [-0.15, -0.1) is 0 Å². The zero-order valence-corrected chi connectivity index (χ0v) is 23.1. The normalized spacial score (nSPS) is 11.2. The molecular formula is C25H37ClN9O3+. The highest BCUT2D eigenvalue weighted by atomic mass is 35.5. The molecule has 206 valence electrons. The van der Waals surface area contributed by atoms with Crippen molar-refractivity contribution in [2.75, 3.05) is 44.3 Å². The predicted octanol–water partition coefficient (Wildman–Crippen LogP) is 1.34. The molecule has 6 N–H and O–H groups in total. The maximum atomic E-state index is 12.8. The van der Waals surface area contributed by atoms with Gasteiger partial charge in [0.2, 0.25) is 5.91 Å². The Balaban J connectivity index is 1.72. The van der Waals surface area contributed by atoms with E-state index in [1.165, 1.54) is 0 Å². The highest BCUT2D eigenvalue weighted by Gasteiger charge is 2.25. The summed E-state index contributed by atoms with van der Waals surface area (Å²) in [6, 6.07) is 5.87. The largest absolute Gasteiger partial charge is 0.492 e. The van der Waals surface area contributed by atoms with Crippen LogP contribution in [0.15, 0.2) is 18.2 Å². The maximum absolute atomic E-state index is 12.8. The zero-order valence-electron chi connectivity index (χ0n) is 22.4. The van der Waals surface area contributed by atoms with Gasteiger partial charge in [0.1, 0.15) is 18.9 Å². The number of imidazole rings is 1. The van der Waals surface area contributed by atoms with Crippen LogP contribution in [0.3, 0.4) is 0 Å². The van der Waals surface area contributed by atoms with Gasteiger partial charge in [0.15, 0.2) is 33.5 Å². The minimum Gasteiger partial charge on any atom is -0.492 e. The third kappa shape index (κ3) is 6.62. The lowest BCUT2D eigenvalue weighted by Crippen LogP contribution is -2.40. The quantitative estimate of drug-likeness (QED) is 0.185. The lowest BCUT2D eigenvalue weighted by Gasteiger charge is -2.17. The summed E-state index contributed by atoms with van der Waals surface area (Å²) in [5, 5.41) is 5.68. The number of nitrogens with two attached hydrogens (primary N) is 2. The molecule has 3 aromatic rings. The van der Waals surface area contributed by atoms with E-state index < -0.39 is 5.91 Å². The number of benzene rings is 1. The highest BCUT2D eigenvalue weighted by Crippen LogP contribution is 2.22. The molecule has 2 aromatic heterocycles. The second-order valence-electron chi connectivity index (χ2n) is 8.53. The molecule has 0 atom stereocenters. The number of likely N-dealkylation sites (N-methyl/N-ethyl adjacent to an activating group) is 1. The lowest BCUT2D eigenvalue weighted by atomic mass is 10.3. The van der Waals surface area contributed by atoms with Crippen LogP contribution < -0.4 is 31.4 Å². The van der Waals surface area contributed by atoms with Crippen LogP contribution in [0.1, 0.15) is 44.0 Å². The van der Waals surface area contributed by atoms with Gasteiger partial charge in [-0.2, -0.15) is 0 Å². The average Bonchev–Trinajstić information content (AvgIpc) is 3.21. The molecule has 0 aliphatic heterocycles. The van der Waals surface area contributed by atoms with Crippen molar-refractivity contribution in [1.82, 2.24) is 30.1 Å². The van der Waals surface area contributed by atoms with E-state index in [4.69, 9.17) is 27.8 Å². The molecule has 12 nitrogen and oxygen atoms in total. The number of halogens is 1. The number of hydrogen-bond acceptors (Lipinski definition) is 8. The number of nitrogen functional groups attached to an aromatic ring is 2. The van der Waals surface area contributed by atoms with Gasteiger partial charge in [-0.05, 0) is 39.1 Å². The van der Waals surface area contributed by atoms with Crippen molar-refractivity contribution >= 4 is 46.1 Å². The summed E-state index contributed by atoms with van der Waals surface area (Å²) in [5.41, 5.74) is 13.3. The summed E-state index contributed by atoms with van der Waals surface area (Å²) in [6.45, 7) is 12.6. The summed E-state index contributed by atoms with van der Waals surface area (Å²) in [5.74, 6) is 0.954. The van der Waals surface area contributed by atoms with Crippen LogP contribution in [0, 0.1) is 0 Å². The van der Waals surface area contributed by atoms with E-state index in [1.807, 2.05) is 45.9 Å². The fraction of sp³-hybridized carbons (Fsp3) is 0.480. The van der Waals surface area contributed by atoms with E-state index in [0.29, 0.717) is 38.5 Å². The second-order valence-corrected chi connectivity index (χ2v) is 8.89. The fourth-order valence-electron chi connectivity index (χ4n) is 4.28. The van der Waals surface area contributed by atoms with Gasteiger partial charge in [0.25, 0.3) is 11.7 Å². The summed E-state index contributed by atoms with van der Waals surface area (Å²) in [4.78, 5) is 34.8. The molecule has 0 spiro atoms. The number of fused-ring (bicyclic) bond motifs is 1. The number of aromatic nitrogens is 4. The summed E-state index contributed by atoms with van der Waals surface area (Å²) >= 11 is 5.93. The van der Waals surface area contributed by atoms with E-state index in [-0.39, 0.29) is 34.9 Å². The van der Waals surface area contributed by atoms with Crippen molar-refractivity contribution in [3.05, 3.63) is 34.9 Å². The molecule has 0 aliphatic carbocycles. The standard InChI is InChI=1S/C25H36ClN9O3/c1-5-33(6-2)15-19(36)29-11-12-38-16-9-10-17-18(13-16)35(8-4)20(34(17)7-3)14-30-25(37)21-23(27)32-24(28)22(26)31-21/h9-10,13H,5-8,11-12,14-15H2,1-4H3,(H5-,27,28,29,30,32,36,37)/p+1. The first kappa shape index (κ1) is 28.9. The third-order valence-corrected chi connectivity index (χ3v) is 6.54. The van der Waals surface area contributed by atoms with Crippen LogP contribution in [-0.4, -0.2) is 64.0 Å². The van der Waals surface area contributed by atoms with Crippen molar-refractivity contribution in [3.63, 3.8) is 0 Å². The predicted molar refractivity (Wildman–Crippen MR) is 147 cm³/mol. The second kappa shape index (κ2) is 13.2. The Kier molecular flexibility index (Phi) is 10.1. The van der Waals surface area contributed by atoms with E-state index in [9.17, 15) is 9.59 Å². The van der Waals surface area contributed by atoms with Crippen LogP contribution in [-0.2, 0) is 24.4 Å². The minimum absolute atomic E-state index is 0.0164. The van der Waals surface area contributed by atoms with E-state index in [0.717, 1.165) is 29.9 Å². The molecular weight excluding hydrogens is 510 g/mol. The van der Waals surface area contributed by atoms with Crippen molar-refractivity contribution in [2.45, 2.75) is 47.3 Å². The zero-order chi connectivity index (χ0) is 27.8. The van der Waals surface area contributed by atoms with Gasteiger partial charge in [-0.25, -0.2) is 19.1 Å². The number of rotatable bonds is 13. The number of carbonyl (C=O) groups is 2. The van der Waals surface area contributed by atoms with Gasteiger partial charge < -0.3 is 26.8 Å². The number of ether oxygens (including phenoxy) is 1. The summed E-state index contributed by atoms with van der Waals surface area (Å²) in [6.07, 6.45) is 0. The number of nitrogens with zero attached hydrogens (tertiary/aromatic N) is 5. The van der Waals surface area contributed by atoms with Crippen LogP contribution in [0.25, 0.3) is 11.0 Å². The summed E-state index contributed by atoms with van der Waals surface area (Å²) < 4.78 is 10.2. The van der Waals surface area contributed by atoms with Gasteiger partial charge in [0.05, 0.1) is 26.2 Å². The topological polar surface area (TPSA) is 157 Å². The molecule has 0 bridgehead atoms. The number of anilines is 2. The molecule has 0 aliphatic rings. The van der Waals surface area contributed by atoms with Gasteiger partial charge >= 0.3 is 0 Å². The Bertz CT molecular complexity index is 1290. The molecule has 0 radical (unpaired) electrons. The molecule has 3 rings (SSSR count). The molecule has 13 heteroatoms. The molecule has 1 aromatic carbocycles. The fourth-order valence-corrected chi connectivity index (χ4v) is 4.40. The SMILES string of the molecule is CCN(CC)CC(=O)NCCOc1ccc2c(c1)n(CC)c(CNC(=O)c1nc(Cl)c(N)nc1N)[n+]2CC. The van der Waals surface area contributed by atoms with Gasteiger partial charge in [0, 0.05) is 6.07 Å². The number of carbonyl (C=O) groups excluding carboxylic acids is 2. The monoisotopic (exact) mass is 546 g/mol. The number of nitrogens with one attached hydrogen (secondary N) is 2. The van der Waals surface area contributed by atoms with Crippen molar-refractivity contribution < 1.29 is 18.9 Å². The van der Waals surface area contributed by atoms with Crippen LogP contribution in [0.5, 0.6) is 5.75 Å². The van der Waals surface area contributed by atoms with Crippen LogP contribution in [0.4, 0.5) is 11.6 Å². The highest BCUT2D eigenvalue weighted by molar-refractivity contribution is 6.31. The Morgan fingerprint density at radius 3 is 2.50 bits per heavy atom. The Hall–Kier alpha value is -3.64. The van der Waals surface area contributed by atoms with E-state index in [2.05, 4.69) is 34.6 Å². The van der Waals surface area contributed by atoms with Crippen molar-refractivity contribution in [1.29, 1.82) is 0 Å². The lowest BCUT2D eigenvalue weighted by molar-refractivity contribution is -0.676. The average molecular weight is 547 g/mol.